The van der Waals surface area contributed by atoms with Crippen molar-refractivity contribution in [1.29, 1.82) is 0 Å². The van der Waals surface area contributed by atoms with E-state index in [9.17, 15) is 22.8 Å². The molecule has 1 saturated heterocycles. The Hall–Kier alpha value is -2.84. The molecule has 0 spiro atoms. The third-order valence-corrected chi connectivity index (χ3v) is 4.39. The molecule has 1 atom stereocenters. The van der Waals surface area contributed by atoms with E-state index in [1.807, 2.05) is 0 Å². The van der Waals surface area contributed by atoms with Crippen molar-refractivity contribution in [2.24, 2.45) is 5.92 Å². The summed E-state index contributed by atoms with van der Waals surface area (Å²) in [5.41, 5.74) is 0.206. The van der Waals surface area contributed by atoms with E-state index in [-0.39, 0.29) is 31.3 Å². The Bertz CT molecular complexity index is 805. The Morgan fingerprint density at radius 2 is 2.19 bits per heavy atom. The Labute approximate surface area is 147 Å². The molecule has 1 aliphatic heterocycles. The number of alkyl halides is 3. The molecule has 1 aromatic carbocycles. The van der Waals surface area contributed by atoms with E-state index in [0.717, 1.165) is 12.1 Å². The summed E-state index contributed by atoms with van der Waals surface area (Å²) in [6.07, 6.45) is -1.33. The molecule has 0 saturated carbocycles. The number of aromatic amines is 1. The average molecular weight is 366 g/mol. The zero-order chi connectivity index (χ0) is 18.9. The van der Waals surface area contributed by atoms with Crippen LogP contribution < -0.4 is 4.90 Å². The molecule has 3 rings (SSSR count). The number of amides is 2. The summed E-state index contributed by atoms with van der Waals surface area (Å²) in [5.74, 6) is -1.01. The van der Waals surface area contributed by atoms with Crippen molar-refractivity contribution in [1.82, 2.24) is 15.1 Å². The minimum atomic E-state index is -4.43. The van der Waals surface area contributed by atoms with Gasteiger partial charge in [0.2, 0.25) is 11.8 Å². The van der Waals surface area contributed by atoms with Gasteiger partial charge in [-0.05, 0) is 17.7 Å². The number of H-pyrrole nitrogens is 1. The Morgan fingerprint density at radius 3 is 2.85 bits per heavy atom. The number of carbonyl (C=O) groups excluding carboxylic acids is 2. The molecule has 0 aliphatic carbocycles. The number of anilines is 1. The van der Waals surface area contributed by atoms with E-state index in [2.05, 4.69) is 10.2 Å². The first-order valence-corrected chi connectivity index (χ1v) is 7.96. The van der Waals surface area contributed by atoms with Crippen molar-refractivity contribution in [2.75, 3.05) is 18.5 Å². The highest BCUT2D eigenvalue weighted by molar-refractivity contribution is 5.98. The fraction of sp³-hybridized carbons (Fsp3) is 0.353. The van der Waals surface area contributed by atoms with Crippen LogP contribution in [0.3, 0.4) is 0 Å². The van der Waals surface area contributed by atoms with E-state index in [0.29, 0.717) is 11.3 Å². The summed E-state index contributed by atoms with van der Waals surface area (Å²) in [6, 6.07) is 4.87. The van der Waals surface area contributed by atoms with Crippen LogP contribution in [-0.4, -0.2) is 40.5 Å². The molecular formula is C17H17F3N4O2. The average Bonchev–Trinajstić information content (AvgIpc) is 3.24. The molecule has 9 heteroatoms. The van der Waals surface area contributed by atoms with Gasteiger partial charge >= 0.3 is 6.18 Å². The molecular weight excluding hydrogens is 349 g/mol. The number of nitrogens with one attached hydrogen (secondary N) is 1. The molecule has 2 amide bonds. The van der Waals surface area contributed by atoms with Crippen LogP contribution in [0.1, 0.15) is 17.5 Å². The molecule has 2 aromatic rings. The lowest BCUT2D eigenvalue weighted by Crippen LogP contribution is -2.34. The Balaban J connectivity index is 1.68. The molecule has 2 heterocycles. The van der Waals surface area contributed by atoms with Crippen LogP contribution in [0.15, 0.2) is 36.7 Å². The smallest absolute Gasteiger partial charge is 0.338 e. The lowest BCUT2D eigenvalue weighted by Gasteiger charge is -2.20. The first kappa shape index (κ1) is 18.0. The number of benzene rings is 1. The summed E-state index contributed by atoms with van der Waals surface area (Å²) >= 11 is 0. The maximum absolute atomic E-state index is 12.8. The highest BCUT2D eigenvalue weighted by Crippen LogP contribution is 2.30. The van der Waals surface area contributed by atoms with Crippen molar-refractivity contribution >= 4 is 17.5 Å². The minimum absolute atomic E-state index is 0.0417. The van der Waals surface area contributed by atoms with Gasteiger partial charge in [0.1, 0.15) is 0 Å². The normalized spacial score (nSPS) is 17.6. The standard InChI is InChI=1S/C17H17F3N4O2/c1-23(14-7-21-22-8-14)16(26)12-6-15(25)24(10-12)9-11-3-2-4-13(5-11)17(18,19)20/h2-5,7-8,12H,6,9-10H2,1H3,(H,21,22). The molecule has 1 aliphatic rings. The SMILES string of the molecule is CN(C(=O)C1CC(=O)N(Cc2cccc(C(F)(F)F)c2)C1)c1cn[nH]c1. The second-order valence-electron chi connectivity index (χ2n) is 6.23. The van der Waals surface area contributed by atoms with Crippen molar-refractivity contribution in [3.05, 3.63) is 47.8 Å². The summed E-state index contributed by atoms with van der Waals surface area (Å²) in [7, 11) is 1.59. The molecule has 1 aromatic heterocycles. The zero-order valence-corrected chi connectivity index (χ0v) is 14.0. The van der Waals surface area contributed by atoms with Crippen molar-refractivity contribution in [2.45, 2.75) is 19.1 Å². The largest absolute Gasteiger partial charge is 0.416 e. The van der Waals surface area contributed by atoms with Gasteiger partial charge in [0.15, 0.2) is 0 Å². The molecule has 138 valence electrons. The highest BCUT2D eigenvalue weighted by Gasteiger charge is 2.36. The van der Waals surface area contributed by atoms with Gasteiger partial charge in [0, 0.05) is 32.8 Å². The summed E-state index contributed by atoms with van der Waals surface area (Å²) in [6.45, 7) is 0.220. The van der Waals surface area contributed by atoms with E-state index in [1.165, 1.54) is 28.1 Å². The first-order valence-electron chi connectivity index (χ1n) is 7.96. The second-order valence-corrected chi connectivity index (χ2v) is 6.23. The van der Waals surface area contributed by atoms with Crippen LogP contribution in [0.25, 0.3) is 0 Å². The van der Waals surface area contributed by atoms with E-state index in [1.54, 1.807) is 13.2 Å². The van der Waals surface area contributed by atoms with Crippen LogP contribution in [-0.2, 0) is 22.3 Å². The molecule has 1 N–H and O–H groups in total. The quantitative estimate of drug-likeness (QED) is 0.904. The number of likely N-dealkylation sites (tertiary alicyclic amines) is 1. The fourth-order valence-corrected chi connectivity index (χ4v) is 2.99. The second kappa shape index (κ2) is 6.81. The number of carbonyl (C=O) groups is 2. The summed E-state index contributed by atoms with van der Waals surface area (Å²) in [5, 5.41) is 6.39. The maximum atomic E-state index is 12.8. The number of hydrogen-bond acceptors (Lipinski definition) is 3. The molecule has 26 heavy (non-hydrogen) atoms. The fourth-order valence-electron chi connectivity index (χ4n) is 2.99. The summed E-state index contributed by atoms with van der Waals surface area (Å²) in [4.78, 5) is 27.6. The van der Waals surface area contributed by atoms with Crippen molar-refractivity contribution in [3.63, 3.8) is 0 Å². The molecule has 1 unspecified atom stereocenters. The van der Waals surface area contributed by atoms with Crippen molar-refractivity contribution < 1.29 is 22.8 Å². The predicted octanol–water partition coefficient (Wildman–Crippen LogP) is 2.44. The number of rotatable bonds is 4. The van der Waals surface area contributed by atoms with Gasteiger partial charge in [-0.15, -0.1) is 0 Å². The Morgan fingerprint density at radius 1 is 1.42 bits per heavy atom. The van der Waals surface area contributed by atoms with Gasteiger partial charge in [0.25, 0.3) is 0 Å². The number of halogens is 3. The number of hydrogen-bond donors (Lipinski definition) is 1. The maximum Gasteiger partial charge on any atom is 0.416 e. The highest BCUT2D eigenvalue weighted by atomic mass is 19.4. The minimum Gasteiger partial charge on any atom is -0.338 e. The van der Waals surface area contributed by atoms with E-state index in [4.69, 9.17) is 0 Å². The van der Waals surface area contributed by atoms with Crippen LogP contribution in [0.5, 0.6) is 0 Å². The van der Waals surface area contributed by atoms with Crippen LogP contribution in [0, 0.1) is 5.92 Å². The number of nitrogens with zero attached hydrogens (tertiary/aromatic N) is 3. The topological polar surface area (TPSA) is 69.3 Å². The molecule has 0 radical (unpaired) electrons. The van der Waals surface area contributed by atoms with Gasteiger partial charge in [-0.2, -0.15) is 18.3 Å². The van der Waals surface area contributed by atoms with Crippen LogP contribution in [0.4, 0.5) is 18.9 Å². The van der Waals surface area contributed by atoms with Gasteiger partial charge in [-0.3, -0.25) is 14.7 Å². The monoisotopic (exact) mass is 366 g/mol. The third-order valence-electron chi connectivity index (χ3n) is 4.39. The first-order chi connectivity index (χ1) is 12.3. The van der Waals surface area contributed by atoms with E-state index >= 15 is 0 Å². The lowest BCUT2D eigenvalue weighted by molar-refractivity contribution is -0.137. The summed E-state index contributed by atoms with van der Waals surface area (Å²) < 4.78 is 38.4. The lowest BCUT2D eigenvalue weighted by atomic mass is 10.1. The molecule has 6 nitrogen and oxygen atoms in total. The zero-order valence-electron chi connectivity index (χ0n) is 14.0. The number of aromatic nitrogens is 2. The molecule has 0 bridgehead atoms. The van der Waals surface area contributed by atoms with Crippen LogP contribution in [0.2, 0.25) is 0 Å². The molecule has 1 fully saturated rings. The van der Waals surface area contributed by atoms with Gasteiger partial charge < -0.3 is 9.80 Å². The van der Waals surface area contributed by atoms with Gasteiger partial charge in [-0.25, -0.2) is 0 Å². The predicted molar refractivity (Wildman–Crippen MR) is 87.0 cm³/mol. The third kappa shape index (κ3) is 3.71. The van der Waals surface area contributed by atoms with Gasteiger partial charge in [-0.1, -0.05) is 12.1 Å². The Kier molecular flexibility index (Phi) is 4.71. The van der Waals surface area contributed by atoms with Crippen LogP contribution >= 0.6 is 0 Å². The van der Waals surface area contributed by atoms with Crippen molar-refractivity contribution in [3.8, 4) is 0 Å². The van der Waals surface area contributed by atoms with Gasteiger partial charge in [0.05, 0.1) is 23.4 Å². The van der Waals surface area contributed by atoms with E-state index < -0.39 is 17.7 Å².